The molecule has 1 aliphatic rings. The van der Waals surface area contributed by atoms with Crippen molar-refractivity contribution in [3.63, 3.8) is 0 Å². The fourth-order valence-electron chi connectivity index (χ4n) is 1.16. The zero-order valence-corrected chi connectivity index (χ0v) is 9.04. The van der Waals surface area contributed by atoms with Gasteiger partial charge in [-0.2, -0.15) is 0 Å². The molecule has 0 radical (unpaired) electrons. The second-order valence-corrected chi connectivity index (χ2v) is 8.74. The Hall–Kier alpha value is 1.70. The number of hydrogen-bond acceptors (Lipinski definition) is 0. The first kappa shape index (κ1) is 9.70. The molecule has 0 aromatic carbocycles. The van der Waals surface area contributed by atoms with Crippen LogP contribution in [0.25, 0.3) is 0 Å². The van der Waals surface area contributed by atoms with Gasteiger partial charge in [-0.15, -0.1) is 0 Å². The number of rotatable bonds is 1. The summed E-state index contributed by atoms with van der Waals surface area (Å²) in [5.74, 6) is 0. The average molecular weight is 222 g/mol. The Morgan fingerprint density at radius 3 is 2.00 bits per heavy atom. The van der Waals surface area contributed by atoms with Gasteiger partial charge in [0.05, 0.1) is 0 Å². The van der Waals surface area contributed by atoms with E-state index in [0.717, 1.165) is 0 Å². The SMILES string of the molecule is [Br][Zn][CH]1CCCC1.[LiH]. The summed E-state index contributed by atoms with van der Waals surface area (Å²) in [6, 6.07) is 0. The van der Waals surface area contributed by atoms with Gasteiger partial charge < -0.3 is 0 Å². The molecule has 0 bridgehead atoms. The van der Waals surface area contributed by atoms with Crippen molar-refractivity contribution < 1.29 is 15.2 Å². The second kappa shape index (κ2) is 5.48. The van der Waals surface area contributed by atoms with Gasteiger partial charge in [0, 0.05) is 0 Å². The molecule has 8 heavy (non-hydrogen) atoms. The van der Waals surface area contributed by atoms with Gasteiger partial charge in [0.1, 0.15) is 0 Å². The van der Waals surface area contributed by atoms with E-state index in [1.165, 1.54) is 17.4 Å². The van der Waals surface area contributed by atoms with Crippen LogP contribution in [0.3, 0.4) is 0 Å². The molecule has 0 nitrogen and oxygen atoms in total. The van der Waals surface area contributed by atoms with Gasteiger partial charge in [0.15, 0.2) is 0 Å². The topological polar surface area (TPSA) is 0 Å². The van der Waals surface area contributed by atoms with Crippen molar-refractivity contribution >= 4 is 32.5 Å². The third-order valence-electron chi connectivity index (χ3n) is 1.69. The van der Waals surface area contributed by atoms with Crippen LogP contribution in [-0.4, -0.2) is 18.9 Å². The van der Waals surface area contributed by atoms with E-state index in [1.807, 2.05) is 0 Å². The van der Waals surface area contributed by atoms with E-state index >= 15 is 0 Å². The second-order valence-electron chi connectivity index (χ2n) is 2.30. The van der Waals surface area contributed by atoms with Crippen molar-refractivity contribution in [2.75, 3.05) is 0 Å². The quantitative estimate of drug-likeness (QED) is 0.596. The first-order valence-corrected chi connectivity index (χ1v) is 11.7. The van der Waals surface area contributed by atoms with Gasteiger partial charge in [-0.3, -0.25) is 0 Å². The van der Waals surface area contributed by atoms with Crippen LogP contribution in [0.4, 0.5) is 0 Å². The molecule has 1 saturated carbocycles. The van der Waals surface area contributed by atoms with Crippen LogP contribution in [-0.2, 0) is 15.2 Å². The zero-order valence-electron chi connectivity index (χ0n) is 4.49. The van der Waals surface area contributed by atoms with Crippen LogP contribution >= 0.6 is 13.6 Å². The molecule has 0 N–H and O–H groups in total. The number of halogens is 1. The summed E-state index contributed by atoms with van der Waals surface area (Å²) in [6.07, 6.45) is 6.12. The predicted molar refractivity (Wildman–Crippen MR) is 38.3 cm³/mol. The molecule has 1 rings (SSSR count). The fourth-order valence-corrected chi connectivity index (χ4v) is 6.39. The van der Waals surface area contributed by atoms with Crippen LogP contribution in [0.1, 0.15) is 25.7 Å². The van der Waals surface area contributed by atoms with Gasteiger partial charge in [0.2, 0.25) is 0 Å². The molecule has 40 valence electrons. The van der Waals surface area contributed by atoms with E-state index < -0.39 is 0 Å². The van der Waals surface area contributed by atoms with Crippen LogP contribution in [0.15, 0.2) is 0 Å². The summed E-state index contributed by atoms with van der Waals surface area (Å²) in [5.41, 5.74) is 0. The molecule has 0 heterocycles. The van der Waals surface area contributed by atoms with Crippen molar-refractivity contribution in [2.45, 2.75) is 30.2 Å². The van der Waals surface area contributed by atoms with E-state index in [0.29, 0.717) is 0 Å². The first-order valence-electron chi connectivity index (χ1n) is 2.99. The van der Waals surface area contributed by atoms with Crippen molar-refractivity contribution in [3.8, 4) is 0 Å². The van der Waals surface area contributed by atoms with Crippen molar-refractivity contribution in [3.05, 3.63) is 0 Å². The standard InChI is InChI=1S/C5H9.BrH.Li.Zn.H/c1-2-4-5-3-1;;;;/h1H,2-5H2;1H;;;/q;;;+1;/p-1. The summed E-state index contributed by atoms with van der Waals surface area (Å²) in [5, 5.41) is 0. The third kappa shape index (κ3) is 3.02. The summed E-state index contributed by atoms with van der Waals surface area (Å²) in [4.78, 5) is 0. The van der Waals surface area contributed by atoms with Gasteiger partial charge in [-0.25, -0.2) is 0 Å². The molecule has 0 spiro atoms. The Bertz CT molecular complexity index is 54.4. The summed E-state index contributed by atoms with van der Waals surface area (Å²) >= 11 is 3.51. The summed E-state index contributed by atoms with van der Waals surface area (Å²) < 4.78 is 1.20. The molecule has 0 saturated heterocycles. The average Bonchev–Trinajstić information content (AvgIpc) is 2.14. The molecule has 0 amide bonds. The van der Waals surface area contributed by atoms with E-state index in [-0.39, 0.29) is 34.0 Å². The summed E-state index contributed by atoms with van der Waals surface area (Å²) in [6.45, 7) is 0. The van der Waals surface area contributed by atoms with Crippen LogP contribution in [0.5, 0.6) is 0 Å². The molecular weight excluding hydrogens is 212 g/mol. The molecule has 1 aliphatic carbocycles. The molecular formula is C5H10BrLiZn. The molecule has 1 fully saturated rings. The van der Waals surface area contributed by atoms with Gasteiger partial charge in [0.25, 0.3) is 0 Å². The normalized spacial score (nSPS) is 19.6. The molecule has 0 aliphatic heterocycles. The van der Waals surface area contributed by atoms with E-state index in [4.69, 9.17) is 0 Å². The van der Waals surface area contributed by atoms with Crippen molar-refractivity contribution in [1.29, 1.82) is 0 Å². The molecule has 0 unspecified atom stereocenters. The maximum atomic E-state index is 3.66. The fraction of sp³-hybridized carbons (Fsp3) is 1.00. The molecule has 0 aromatic heterocycles. The van der Waals surface area contributed by atoms with Gasteiger partial charge in [-0.05, 0) is 0 Å². The molecule has 0 aromatic rings. The summed E-state index contributed by atoms with van der Waals surface area (Å²) in [7, 11) is 0. The van der Waals surface area contributed by atoms with Crippen LogP contribution < -0.4 is 0 Å². The van der Waals surface area contributed by atoms with E-state index in [9.17, 15) is 0 Å². The molecule has 0 atom stereocenters. The maximum absolute atomic E-state index is 3.66. The molecule has 3 heteroatoms. The van der Waals surface area contributed by atoms with E-state index in [1.54, 1.807) is 12.8 Å². The van der Waals surface area contributed by atoms with Crippen molar-refractivity contribution in [2.24, 2.45) is 0 Å². The Morgan fingerprint density at radius 2 is 1.75 bits per heavy atom. The number of hydrogen-bond donors (Lipinski definition) is 0. The van der Waals surface area contributed by atoms with Gasteiger partial charge in [-0.1, -0.05) is 0 Å². The van der Waals surface area contributed by atoms with Crippen molar-refractivity contribution in [1.82, 2.24) is 0 Å². The van der Waals surface area contributed by atoms with Crippen LogP contribution in [0.2, 0.25) is 4.51 Å². The van der Waals surface area contributed by atoms with E-state index in [2.05, 4.69) is 13.6 Å². The Kier molecular flexibility index (Phi) is 6.65. The van der Waals surface area contributed by atoms with Crippen LogP contribution in [0, 0.1) is 0 Å². The van der Waals surface area contributed by atoms with Gasteiger partial charge >= 0.3 is 77.8 Å². The third-order valence-corrected chi connectivity index (χ3v) is 9.08. The minimum absolute atomic E-state index is 0. The Labute approximate surface area is 77.3 Å². The minimum atomic E-state index is -0.156. The predicted octanol–water partition coefficient (Wildman–Crippen LogP) is 2.09. The Balaban J connectivity index is 0.000000490. The monoisotopic (exact) mass is 220 g/mol. The zero-order chi connectivity index (χ0) is 5.11. The first-order chi connectivity index (χ1) is 3.43. The Morgan fingerprint density at radius 1 is 1.25 bits per heavy atom.